The fourth-order valence-electron chi connectivity index (χ4n) is 11.4. The molecule has 400 valence electrons. The highest BCUT2D eigenvalue weighted by atomic mass is 16.7. The molecule has 6 aliphatic rings. The SMILES string of the molecule is CC(=O)N(CCCCCCNC(=O)N(C(=NC1CCCCC1)ON=C1CCCCC1)C1CCCCC1)C(=O)NCCCCCCNC(=O)N(C(=NC1CCCCC1)ON=C1CCCCC1)C1CCCCC1. The highest BCUT2D eigenvalue weighted by molar-refractivity contribution is 5.96. The van der Waals surface area contributed by atoms with E-state index in [-0.39, 0.29) is 48.2 Å². The van der Waals surface area contributed by atoms with Crippen LogP contribution in [0.2, 0.25) is 0 Å². The molecule has 0 heterocycles. The second kappa shape index (κ2) is 32.8. The predicted octanol–water partition coefficient (Wildman–Crippen LogP) is 12.4. The number of imide groups is 1. The topological polar surface area (TPSA) is 182 Å². The average molecular weight is 991 g/mol. The first-order valence-corrected chi connectivity index (χ1v) is 29.2. The van der Waals surface area contributed by atoms with Gasteiger partial charge in [-0.3, -0.25) is 9.69 Å². The number of oxime groups is 2. The zero-order chi connectivity index (χ0) is 49.7. The van der Waals surface area contributed by atoms with Gasteiger partial charge in [0.25, 0.3) is 0 Å². The maximum atomic E-state index is 14.0. The minimum Gasteiger partial charge on any atom is -0.338 e. The molecule has 0 aliphatic heterocycles. The number of amidine groups is 2. The highest BCUT2D eigenvalue weighted by Gasteiger charge is 2.34. The van der Waals surface area contributed by atoms with Crippen LogP contribution in [-0.2, 0) is 14.5 Å². The molecule has 0 radical (unpaired) electrons. The standard InChI is InChI=1S/C55H94N10O6/c1-44(66)63(43-27-5-4-26-42-58-53(69)65(50-38-22-11-23-39-50)55(60-46-30-14-7-15-31-46)71-62-48-34-18-9-19-35-48)51(67)56-40-24-2-3-25-41-57-52(68)64(49-36-20-10-21-37-49)54(59-45-28-12-6-13-29-45)70-61-47-32-16-8-17-33-47/h45-46,49-50H,2-43H2,1H3,(H,56,67)(H,57,68)(H,58,69). The molecule has 0 aromatic heterocycles. The molecule has 3 N–H and O–H groups in total. The van der Waals surface area contributed by atoms with Gasteiger partial charge in [0.2, 0.25) is 5.91 Å². The molecule has 6 fully saturated rings. The van der Waals surface area contributed by atoms with E-state index in [9.17, 15) is 19.2 Å². The fraction of sp³-hybridized carbons (Fsp3) is 0.855. The van der Waals surface area contributed by atoms with E-state index >= 15 is 0 Å². The number of nitrogens with one attached hydrogen (secondary N) is 3. The molecule has 16 nitrogen and oxygen atoms in total. The number of rotatable bonds is 20. The summed E-state index contributed by atoms with van der Waals surface area (Å²) in [6, 6.07) is 0.494. The molecule has 0 bridgehead atoms. The van der Waals surface area contributed by atoms with E-state index in [1.807, 2.05) is 0 Å². The Bertz CT molecular complexity index is 1710. The summed E-state index contributed by atoms with van der Waals surface area (Å²) >= 11 is 0. The van der Waals surface area contributed by atoms with Crippen molar-refractivity contribution in [3.05, 3.63) is 0 Å². The summed E-state index contributed by atoms with van der Waals surface area (Å²) in [4.78, 5) is 81.0. The Balaban J connectivity index is 0.881. The van der Waals surface area contributed by atoms with Crippen LogP contribution in [0.5, 0.6) is 0 Å². The molecule has 6 aliphatic carbocycles. The van der Waals surface area contributed by atoms with Gasteiger partial charge >= 0.3 is 30.1 Å². The van der Waals surface area contributed by atoms with Crippen LogP contribution in [0.3, 0.4) is 0 Å². The fourth-order valence-corrected chi connectivity index (χ4v) is 11.4. The molecule has 71 heavy (non-hydrogen) atoms. The van der Waals surface area contributed by atoms with Gasteiger partial charge in [-0.15, -0.1) is 0 Å². The largest absolute Gasteiger partial charge is 0.338 e. The summed E-state index contributed by atoms with van der Waals surface area (Å²) in [5, 5.41) is 18.5. The summed E-state index contributed by atoms with van der Waals surface area (Å²) in [7, 11) is 0. The number of amides is 7. The van der Waals surface area contributed by atoms with Crippen LogP contribution in [0, 0.1) is 0 Å². The van der Waals surface area contributed by atoms with Crippen molar-refractivity contribution >= 4 is 47.5 Å². The number of urea groups is 3. The molecule has 0 saturated heterocycles. The normalized spacial score (nSPS) is 20.4. The van der Waals surface area contributed by atoms with Crippen LogP contribution in [-0.4, -0.2) is 113 Å². The highest BCUT2D eigenvalue weighted by Crippen LogP contribution is 2.29. The van der Waals surface area contributed by atoms with Crippen molar-refractivity contribution in [2.24, 2.45) is 20.3 Å². The Kier molecular flexibility index (Phi) is 25.9. The third-order valence-electron chi connectivity index (χ3n) is 15.7. The van der Waals surface area contributed by atoms with E-state index in [1.165, 1.54) is 50.3 Å². The first-order valence-electron chi connectivity index (χ1n) is 29.2. The molecule has 0 aromatic carbocycles. The second-order valence-electron chi connectivity index (χ2n) is 21.5. The lowest BCUT2D eigenvalue weighted by molar-refractivity contribution is -0.126. The van der Waals surface area contributed by atoms with Crippen molar-refractivity contribution in [3.63, 3.8) is 0 Å². The molecular formula is C55H94N10O6. The first kappa shape index (κ1) is 56.1. The third-order valence-corrected chi connectivity index (χ3v) is 15.7. The van der Waals surface area contributed by atoms with Crippen molar-refractivity contribution < 1.29 is 28.9 Å². The van der Waals surface area contributed by atoms with Crippen LogP contribution in [0.1, 0.15) is 251 Å². The summed E-state index contributed by atoms with van der Waals surface area (Å²) in [6.45, 7) is 3.34. The second-order valence-corrected chi connectivity index (χ2v) is 21.5. The van der Waals surface area contributed by atoms with Crippen molar-refractivity contribution in [2.45, 2.75) is 275 Å². The zero-order valence-electron chi connectivity index (χ0n) is 44.1. The van der Waals surface area contributed by atoms with Crippen LogP contribution < -0.4 is 16.0 Å². The van der Waals surface area contributed by atoms with E-state index in [2.05, 4.69) is 26.3 Å². The summed E-state index contributed by atoms with van der Waals surface area (Å²) in [5.41, 5.74) is 2.14. The Morgan fingerprint density at radius 1 is 0.437 bits per heavy atom. The average Bonchev–Trinajstić information content (AvgIpc) is 3.40. The van der Waals surface area contributed by atoms with Gasteiger partial charge in [-0.05, 0) is 128 Å². The summed E-state index contributed by atoms with van der Waals surface area (Å²) in [6.07, 6.45) is 38.9. The molecule has 0 unspecified atom stereocenters. The lowest BCUT2D eigenvalue weighted by Crippen LogP contribution is -2.51. The maximum Gasteiger partial charge on any atom is 0.326 e. The molecular weight excluding hydrogens is 897 g/mol. The molecule has 6 saturated carbocycles. The van der Waals surface area contributed by atoms with Crippen LogP contribution in [0.4, 0.5) is 14.4 Å². The Labute approximate surface area is 427 Å². The number of carbonyl (C=O) groups is 4. The van der Waals surface area contributed by atoms with Crippen molar-refractivity contribution in [3.8, 4) is 0 Å². The van der Waals surface area contributed by atoms with Crippen molar-refractivity contribution in [2.75, 3.05) is 26.2 Å². The predicted molar refractivity (Wildman–Crippen MR) is 284 cm³/mol. The monoisotopic (exact) mass is 991 g/mol. The van der Waals surface area contributed by atoms with Gasteiger partial charge < -0.3 is 25.6 Å². The van der Waals surface area contributed by atoms with Gasteiger partial charge in [0, 0.05) is 45.2 Å². The van der Waals surface area contributed by atoms with Crippen LogP contribution >= 0.6 is 0 Å². The Hall–Kier alpha value is -4.24. The summed E-state index contributed by atoms with van der Waals surface area (Å²) in [5.74, 6) is -0.268. The van der Waals surface area contributed by atoms with Crippen LogP contribution in [0.25, 0.3) is 0 Å². The van der Waals surface area contributed by atoms with E-state index in [0.29, 0.717) is 44.6 Å². The Morgan fingerprint density at radius 3 is 1.15 bits per heavy atom. The van der Waals surface area contributed by atoms with Gasteiger partial charge in [0.05, 0.1) is 23.5 Å². The van der Waals surface area contributed by atoms with E-state index < -0.39 is 0 Å². The van der Waals surface area contributed by atoms with Gasteiger partial charge in [-0.25, -0.2) is 34.2 Å². The quantitative estimate of drug-likeness (QED) is 0.0472. The molecule has 0 aromatic rings. The van der Waals surface area contributed by atoms with E-state index in [0.717, 1.165) is 210 Å². The zero-order valence-corrected chi connectivity index (χ0v) is 44.1. The smallest absolute Gasteiger partial charge is 0.326 e. The number of nitrogens with zero attached hydrogens (tertiary/aromatic N) is 7. The minimum absolute atomic E-state index is 0.0428. The first-order chi connectivity index (χ1) is 34.9. The molecule has 0 spiro atoms. The van der Waals surface area contributed by atoms with Crippen molar-refractivity contribution in [1.82, 2.24) is 30.7 Å². The maximum absolute atomic E-state index is 14.0. The minimum atomic E-state index is -0.356. The Morgan fingerprint density at radius 2 is 0.775 bits per heavy atom. The van der Waals surface area contributed by atoms with Gasteiger partial charge in [0.1, 0.15) is 0 Å². The number of carbonyl (C=O) groups excluding carboxylic acids is 4. The van der Waals surface area contributed by atoms with Gasteiger partial charge in [0.15, 0.2) is 0 Å². The summed E-state index contributed by atoms with van der Waals surface area (Å²) < 4.78 is 0. The van der Waals surface area contributed by atoms with E-state index in [4.69, 9.17) is 19.7 Å². The van der Waals surface area contributed by atoms with Crippen molar-refractivity contribution in [1.29, 1.82) is 0 Å². The molecule has 7 amide bonds. The molecule has 0 atom stereocenters. The lowest BCUT2D eigenvalue weighted by atomic mass is 9.94. The molecule has 6 rings (SSSR count). The van der Waals surface area contributed by atoms with Crippen LogP contribution in [0.15, 0.2) is 20.3 Å². The number of hydrogen-bond acceptors (Lipinski definition) is 10. The number of aliphatic imine (C=N–C) groups is 2. The number of unbranched alkanes of at least 4 members (excludes halogenated alkanes) is 6. The molecule has 16 heteroatoms. The van der Waals surface area contributed by atoms with Gasteiger partial charge in [-0.1, -0.05) is 126 Å². The third kappa shape index (κ3) is 20.3. The van der Waals surface area contributed by atoms with Gasteiger partial charge in [-0.2, -0.15) is 0 Å². The lowest BCUT2D eigenvalue weighted by Gasteiger charge is -2.34. The van der Waals surface area contributed by atoms with E-state index in [1.54, 1.807) is 9.80 Å². The number of hydrogen-bond donors (Lipinski definition) is 3.